The van der Waals surface area contributed by atoms with Gasteiger partial charge >= 0.3 is 0 Å². The molecule has 1 aliphatic heterocycles. The van der Waals surface area contributed by atoms with E-state index in [1.54, 1.807) is 6.20 Å². The highest BCUT2D eigenvalue weighted by Gasteiger charge is 2.36. The first-order valence-electron chi connectivity index (χ1n) is 9.09. The van der Waals surface area contributed by atoms with E-state index in [9.17, 15) is 4.79 Å². The zero-order valence-corrected chi connectivity index (χ0v) is 15.2. The molecule has 0 bridgehead atoms. The number of amides is 1. The van der Waals surface area contributed by atoms with Crippen LogP contribution in [0.1, 0.15) is 47.1 Å². The second-order valence-corrected chi connectivity index (χ2v) is 7.34. The van der Waals surface area contributed by atoms with Crippen LogP contribution in [0.3, 0.4) is 0 Å². The Kier molecular flexibility index (Phi) is 4.63. The first-order valence-corrected chi connectivity index (χ1v) is 9.09. The molecule has 1 unspecified atom stereocenters. The SMILES string of the molecule is CN(C)Cc1cc(OC2CCN(C(=O)c3ncoc3C3CC3)C2)ccn1. The minimum atomic E-state index is -0.0465. The number of rotatable bonds is 6. The summed E-state index contributed by atoms with van der Waals surface area (Å²) in [7, 11) is 4.02. The monoisotopic (exact) mass is 356 g/mol. The second-order valence-electron chi connectivity index (χ2n) is 7.34. The van der Waals surface area contributed by atoms with E-state index >= 15 is 0 Å². The summed E-state index contributed by atoms with van der Waals surface area (Å²) in [4.78, 5) is 25.2. The lowest BCUT2D eigenvalue weighted by Gasteiger charge is -2.17. The zero-order chi connectivity index (χ0) is 18.1. The van der Waals surface area contributed by atoms with Crippen molar-refractivity contribution in [3.63, 3.8) is 0 Å². The topological polar surface area (TPSA) is 71.7 Å². The number of likely N-dealkylation sites (tertiary alicyclic amines) is 1. The summed E-state index contributed by atoms with van der Waals surface area (Å²) in [6.07, 6.45) is 6.12. The molecule has 26 heavy (non-hydrogen) atoms. The molecule has 1 saturated carbocycles. The number of carbonyl (C=O) groups excluding carboxylic acids is 1. The molecule has 3 heterocycles. The van der Waals surface area contributed by atoms with Crippen LogP contribution in [0.5, 0.6) is 5.75 Å². The van der Waals surface area contributed by atoms with Gasteiger partial charge in [0.1, 0.15) is 17.6 Å². The van der Waals surface area contributed by atoms with Crippen LogP contribution in [0.15, 0.2) is 29.1 Å². The summed E-state index contributed by atoms with van der Waals surface area (Å²) in [6.45, 7) is 2.01. The van der Waals surface area contributed by atoms with Crippen molar-refractivity contribution in [3.8, 4) is 5.75 Å². The van der Waals surface area contributed by atoms with Crippen LogP contribution in [-0.2, 0) is 6.54 Å². The Balaban J connectivity index is 1.38. The largest absolute Gasteiger partial charge is 0.488 e. The van der Waals surface area contributed by atoms with Gasteiger partial charge in [0.15, 0.2) is 12.1 Å². The molecule has 0 radical (unpaired) electrons. The van der Waals surface area contributed by atoms with Gasteiger partial charge in [0.2, 0.25) is 0 Å². The molecule has 2 aromatic heterocycles. The fourth-order valence-electron chi connectivity index (χ4n) is 3.34. The number of ether oxygens (including phenoxy) is 1. The molecule has 1 amide bonds. The lowest BCUT2D eigenvalue weighted by molar-refractivity contribution is 0.0765. The Bertz CT molecular complexity index is 785. The molecule has 0 aromatic carbocycles. The van der Waals surface area contributed by atoms with Crippen LogP contribution in [0.4, 0.5) is 0 Å². The summed E-state index contributed by atoms with van der Waals surface area (Å²) in [5.74, 6) is 1.88. The number of hydrogen-bond acceptors (Lipinski definition) is 6. The van der Waals surface area contributed by atoms with Gasteiger partial charge in [-0.3, -0.25) is 9.78 Å². The number of aromatic nitrogens is 2. The normalized spacial score (nSPS) is 20.0. The van der Waals surface area contributed by atoms with Crippen molar-refractivity contribution in [2.75, 3.05) is 27.2 Å². The molecule has 1 aliphatic carbocycles. The number of carbonyl (C=O) groups is 1. The van der Waals surface area contributed by atoms with Crippen LogP contribution in [0, 0.1) is 0 Å². The molecule has 7 nitrogen and oxygen atoms in total. The predicted octanol–water partition coefficient (Wildman–Crippen LogP) is 2.30. The molecule has 0 N–H and O–H groups in total. The fraction of sp³-hybridized carbons (Fsp3) is 0.526. The van der Waals surface area contributed by atoms with Crippen LogP contribution in [0.25, 0.3) is 0 Å². The van der Waals surface area contributed by atoms with Crippen LogP contribution in [-0.4, -0.2) is 59.0 Å². The maximum Gasteiger partial charge on any atom is 0.276 e. The molecule has 2 aliphatic rings. The highest BCUT2D eigenvalue weighted by molar-refractivity contribution is 5.93. The van der Waals surface area contributed by atoms with E-state index < -0.39 is 0 Å². The van der Waals surface area contributed by atoms with E-state index in [2.05, 4.69) is 14.9 Å². The summed E-state index contributed by atoms with van der Waals surface area (Å²) in [6, 6.07) is 3.83. The highest BCUT2D eigenvalue weighted by atomic mass is 16.5. The van der Waals surface area contributed by atoms with Gasteiger partial charge in [0.25, 0.3) is 5.91 Å². The van der Waals surface area contributed by atoms with Crippen molar-refractivity contribution in [1.82, 2.24) is 19.8 Å². The Labute approximate surface area is 153 Å². The fourth-order valence-corrected chi connectivity index (χ4v) is 3.34. The Morgan fingerprint density at radius 2 is 2.19 bits per heavy atom. The standard InChI is InChI=1S/C19H24N4O3/c1-22(2)10-14-9-15(5-7-20-14)26-16-6-8-23(11-16)19(24)17-18(13-3-4-13)25-12-21-17/h5,7,9,12-13,16H,3-4,6,8,10-11H2,1-2H3. The van der Waals surface area contributed by atoms with Gasteiger partial charge in [-0.1, -0.05) is 0 Å². The first kappa shape index (κ1) is 17.0. The predicted molar refractivity (Wildman–Crippen MR) is 95.0 cm³/mol. The van der Waals surface area contributed by atoms with Gasteiger partial charge in [-0.05, 0) is 33.0 Å². The van der Waals surface area contributed by atoms with Crippen molar-refractivity contribution in [3.05, 3.63) is 41.9 Å². The summed E-state index contributed by atoms with van der Waals surface area (Å²) < 4.78 is 11.5. The van der Waals surface area contributed by atoms with Crippen molar-refractivity contribution in [1.29, 1.82) is 0 Å². The first-order chi connectivity index (χ1) is 12.6. The average molecular weight is 356 g/mol. The summed E-state index contributed by atoms with van der Waals surface area (Å²) in [5, 5.41) is 0. The van der Waals surface area contributed by atoms with E-state index in [0.717, 1.165) is 43.0 Å². The maximum atomic E-state index is 12.8. The number of nitrogens with zero attached hydrogens (tertiary/aromatic N) is 4. The van der Waals surface area contributed by atoms with Crippen molar-refractivity contribution >= 4 is 5.91 Å². The minimum Gasteiger partial charge on any atom is -0.488 e. The molecule has 0 spiro atoms. The molecule has 1 saturated heterocycles. The zero-order valence-electron chi connectivity index (χ0n) is 15.2. The second kappa shape index (κ2) is 7.07. The van der Waals surface area contributed by atoms with Crippen molar-refractivity contribution < 1.29 is 13.9 Å². The van der Waals surface area contributed by atoms with Crippen LogP contribution < -0.4 is 4.74 Å². The Hall–Kier alpha value is -2.41. The van der Waals surface area contributed by atoms with E-state index in [1.165, 1.54) is 6.39 Å². The third-order valence-corrected chi connectivity index (χ3v) is 4.75. The maximum absolute atomic E-state index is 12.8. The van der Waals surface area contributed by atoms with Crippen LogP contribution in [0.2, 0.25) is 0 Å². The van der Waals surface area contributed by atoms with Gasteiger partial charge in [0, 0.05) is 37.7 Å². The van der Waals surface area contributed by atoms with Crippen molar-refractivity contribution in [2.45, 2.75) is 37.8 Å². The van der Waals surface area contributed by atoms with Gasteiger partial charge in [-0.2, -0.15) is 0 Å². The van der Waals surface area contributed by atoms with E-state index in [4.69, 9.17) is 9.15 Å². The molecular formula is C19H24N4O3. The highest BCUT2D eigenvalue weighted by Crippen LogP contribution is 2.41. The lowest BCUT2D eigenvalue weighted by Crippen LogP contribution is -2.31. The third-order valence-electron chi connectivity index (χ3n) is 4.75. The molecule has 138 valence electrons. The summed E-state index contributed by atoms with van der Waals surface area (Å²) >= 11 is 0. The number of oxazole rings is 1. The molecule has 2 aromatic rings. The quantitative estimate of drug-likeness (QED) is 0.791. The molecule has 4 rings (SSSR count). The molecule has 7 heteroatoms. The minimum absolute atomic E-state index is 0.00941. The summed E-state index contributed by atoms with van der Waals surface area (Å²) in [5.41, 5.74) is 1.44. The van der Waals surface area contributed by atoms with E-state index in [1.807, 2.05) is 31.1 Å². The molecule has 1 atom stereocenters. The van der Waals surface area contributed by atoms with Gasteiger partial charge in [0.05, 0.1) is 12.2 Å². The number of hydrogen-bond donors (Lipinski definition) is 0. The average Bonchev–Trinajstić information content (AvgIpc) is 3.15. The van der Waals surface area contributed by atoms with E-state index in [-0.39, 0.29) is 12.0 Å². The molecule has 2 fully saturated rings. The van der Waals surface area contributed by atoms with Gasteiger partial charge in [-0.25, -0.2) is 4.98 Å². The van der Waals surface area contributed by atoms with Crippen LogP contribution >= 0.6 is 0 Å². The van der Waals surface area contributed by atoms with Gasteiger partial charge < -0.3 is 19.0 Å². The Morgan fingerprint density at radius 3 is 2.96 bits per heavy atom. The van der Waals surface area contributed by atoms with Crippen molar-refractivity contribution in [2.24, 2.45) is 0 Å². The van der Waals surface area contributed by atoms with E-state index in [0.29, 0.717) is 24.7 Å². The molecular weight excluding hydrogens is 332 g/mol. The smallest absolute Gasteiger partial charge is 0.276 e. The Morgan fingerprint density at radius 1 is 1.35 bits per heavy atom. The third kappa shape index (κ3) is 3.72. The lowest BCUT2D eigenvalue weighted by atomic mass is 10.2. The number of pyridine rings is 1. The van der Waals surface area contributed by atoms with Gasteiger partial charge in [-0.15, -0.1) is 0 Å².